The number of hydrogen-bond acceptors (Lipinski definition) is 5. The monoisotopic (exact) mass is 474 g/mol. The Balaban J connectivity index is 1.76. The molecule has 186 valence electrons. The van der Waals surface area contributed by atoms with Gasteiger partial charge in [-0.25, -0.2) is 4.79 Å². The maximum Gasteiger partial charge on any atom is 0.331 e. The number of nitrogen functional groups attached to an aromatic ring is 1. The molecular weight excluding hydrogens is 436 g/mol. The Kier molecular flexibility index (Phi) is 7.73. The number of carbonyl (C=O) groups is 2. The van der Waals surface area contributed by atoms with Crippen LogP contribution in [0.2, 0.25) is 0 Å². The van der Waals surface area contributed by atoms with Crippen molar-refractivity contribution in [2.24, 2.45) is 11.1 Å². The Labute approximate surface area is 209 Å². The first-order chi connectivity index (χ1) is 16.9. The Morgan fingerprint density at radius 2 is 1.60 bits per heavy atom. The molecule has 2 aromatic rings. The number of nitrogens with two attached hydrogens (primary N) is 1. The number of rotatable bonds is 9. The van der Waals surface area contributed by atoms with E-state index < -0.39 is 5.97 Å². The molecule has 0 atom stereocenters. The molecular formula is C30H38N2O3. The minimum atomic E-state index is -0.508. The van der Waals surface area contributed by atoms with E-state index in [9.17, 15) is 9.59 Å². The standard InChI is InChI=1S/C30H38N2O3/c1-4-15-30(16-5-2)26-18-22(11-13-24(26)25-14-12-23(31)19-27(25)30)29(34)28(32-35-20(3)33)17-21-9-7-6-8-10-21/h11-14,18-19,21H,4-10,15-17,31H2,1-3H3/b32-28+. The van der Waals surface area contributed by atoms with Gasteiger partial charge in [0.25, 0.3) is 0 Å². The molecule has 5 nitrogen and oxygen atoms in total. The van der Waals surface area contributed by atoms with Crippen LogP contribution in [-0.4, -0.2) is 17.5 Å². The second kappa shape index (κ2) is 10.8. The summed E-state index contributed by atoms with van der Waals surface area (Å²) in [5.74, 6) is -0.245. The van der Waals surface area contributed by atoms with Crippen LogP contribution in [0.1, 0.15) is 106 Å². The number of benzene rings is 2. The van der Waals surface area contributed by atoms with Gasteiger partial charge in [0.05, 0.1) is 0 Å². The summed E-state index contributed by atoms with van der Waals surface area (Å²) in [5, 5.41) is 4.05. The molecule has 0 heterocycles. The smallest absolute Gasteiger partial charge is 0.331 e. The Morgan fingerprint density at radius 1 is 0.971 bits per heavy atom. The number of oxime groups is 1. The summed E-state index contributed by atoms with van der Waals surface area (Å²) >= 11 is 0. The largest absolute Gasteiger partial charge is 0.399 e. The lowest BCUT2D eigenvalue weighted by molar-refractivity contribution is -0.140. The van der Waals surface area contributed by atoms with E-state index in [1.165, 1.54) is 48.4 Å². The molecule has 0 aliphatic heterocycles. The van der Waals surface area contributed by atoms with E-state index in [1.807, 2.05) is 12.1 Å². The molecule has 2 aliphatic rings. The van der Waals surface area contributed by atoms with E-state index in [4.69, 9.17) is 10.6 Å². The van der Waals surface area contributed by atoms with Gasteiger partial charge in [0.2, 0.25) is 5.78 Å². The summed E-state index contributed by atoms with van der Waals surface area (Å²) in [7, 11) is 0. The van der Waals surface area contributed by atoms with Gasteiger partial charge in [-0.1, -0.05) is 82.1 Å². The SMILES string of the molecule is CCCC1(CCC)c2cc(N)ccc2-c2ccc(C(=O)/C(CC3CCCCC3)=N/OC(C)=O)cc21. The first-order valence-electron chi connectivity index (χ1n) is 13.2. The van der Waals surface area contributed by atoms with Crippen molar-refractivity contribution in [3.05, 3.63) is 53.1 Å². The van der Waals surface area contributed by atoms with Crippen molar-refractivity contribution in [1.29, 1.82) is 0 Å². The quantitative estimate of drug-likeness (QED) is 0.137. The maximum atomic E-state index is 13.7. The highest BCUT2D eigenvalue weighted by atomic mass is 16.7. The fourth-order valence-corrected chi connectivity index (χ4v) is 6.29. The normalized spacial score (nSPS) is 17.1. The fraction of sp³-hybridized carbons (Fsp3) is 0.500. The molecule has 4 rings (SSSR count). The van der Waals surface area contributed by atoms with E-state index >= 15 is 0 Å². The van der Waals surface area contributed by atoms with E-state index in [0.29, 0.717) is 23.6 Å². The predicted molar refractivity (Wildman–Crippen MR) is 142 cm³/mol. The molecule has 35 heavy (non-hydrogen) atoms. The molecule has 0 spiro atoms. The lowest BCUT2D eigenvalue weighted by atomic mass is 9.71. The molecule has 0 radical (unpaired) electrons. The number of ketones is 1. The summed E-state index contributed by atoms with van der Waals surface area (Å²) in [6.45, 7) is 5.74. The zero-order valence-corrected chi connectivity index (χ0v) is 21.4. The van der Waals surface area contributed by atoms with Gasteiger partial charge in [-0.05, 0) is 65.6 Å². The third-order valence-electron chi connectivity index (χ3n) is 7.75. The molecule has 2 aliphatic carbocycles. The lowest BCUT2D eigenvalue weighted by Gasteiger charge is -2.32. The molecule has 0 aromatic heterocycles. The third kappa shape index (κ3) is 5.05. The van der Waals surface area contributed by atoms with Gasteiger partial charge >= 0.3 is 5.97 Å². The van der Waals surface area contributed by atoms with Gasteiger partial charge in [-0.3, -0.25) is 4.79 Å². The summed E-state index contributed by atoms with van der Waals surface area (Å²) < 4.78 is 0. The van der Waals surface area contributed by atoms with Crippen molar-refractivity contribution in [3.63, 3.8) is 0 Å². The zero-order chi connectivity index (χ0) is 25.0. The second-order valence-corrected chi connectivity index (χ2v) is 10.3. The number of Topliss-reactive ketones (excluding diaryl/α,β-unsaturated/α-hetero) is 1. The van der Waals surface area contributed by atoms with Gasteiger partial charge < -0.3 is 10.6 Å². The van der Waals surface area contributed by atoms with Gasteiger partial charge in [0, 0.05) is 23.6 Å². The molecule has 1 saturated carbocycles. The molecule has 0 bridgehead atoms. The lowest BCUT2D eigenvalue weighted by Crippen LogP contribution is -2.26. The number of fused-ring (bicyclic) bond motifs is 3. The summed E-state index contributed by atoms with van der Waals surface area (Å²) in [4.78, 5) is 30.2. The third-order valence-corrected chi connectivity index (χ3v) is 7.75. The topological polar surface area (TPSA) is 81.8 Å². The molecule has 0 saturated heterocycles. The Hall–Kier alpha value is -2.95. The summed E-state index contributed by atoms with van der Waals surface area (Å²) in [6, 6.07) is 12.3. The zero-order valence-electron chi connectivity index (χ0n) is 21.4. The molecule has 0 unspecified atom stereocenters. The minimum absolute atomic E-state index is 0.142. The first-order valence-corrected chi connectivity index (χ1v) is 13.2. The van der Waals surface area contributed by atoms with Crippen LogP contribution in [0.25, 0.3) is 11.1 Å². The van der Waals surface area contributed by atoms with Crippen LogP contribution >= 0.6 is 0 Å². The molecule has 1 fully saturated rings. The van der Waals surface area contributed by atoms with Crippen molar-refractivity contribution in [3.8, 4) is 11.1 Å². The van der Waals surface area contributed by atoms with E-state index in [-0.39, 0.29) is 11.2 Å². The van der Waals surface area contributed by atoms with Crippen molar-refractivity contribution in [2.75, 3.05) is 5.73 Å². The van der Waals surface area contributed by atoms with E-state index in [0.717, 1.165) is 44.2 Å². The predicted octanol–water partition coefficient (Wildman–Crippen LogP) is 7.21. The Morgan fingerprint density at radius 3 is 2.23 bits per heavy atom. The second-order valence-electron chi connectivity index (χ2n) is 10.3. The van der Waals surface area contributed by atoms with Gasteiger partial charge in [0.1, 0.15) is 5.71 Å². The van der Waals surface area contributed by atoms with Crippen molar-refractivity contribution >= 4 is 23.2 Å². The van der Waals surface area contributed by atoms with Crippen LogP contribution in [0.15, 0.2) is 41.6 Å². The van der Waals surface area contributed by atoms with Crippen LogP contribution in [0.3, 0.4) is 0 Å². The summed E-state index contributed by atoms with van der Waals surface area (Å²) in [5.41, 5.74) is 12.7. The van der Waals surface area contributed by atoms with Crippen molar-refractivity contribution in [1.82, 2.24) is 0 Å². The highest BCUT2D eigenvalue weighted by Gasteiger charge is 2.42. The van der Waals surface area contributed by atoms with Crippen LogP contribution < -0.4 is 5.73 Å². The fourth-order valence-electron chi connectivity index (χ4n) is 6.29. The van der Waals surface area contributed by atoms with Crippen molar-refractivity contribution < 1.29 is 14.4 Å². The highest BCUT2D eigenvalue weighted by Crippen LogP contribution is 2.54. The van der Waals surface area contributed by atoms with Crippen LogP contribution in [0.5, 0.6) is 0 Å². The number of hydrogen-bond donors (Lipinski definition) is 1. The number of anilines is 1. The molecule has 2 aromatic carbocycles. The van der Waals surface area contributed by atoms with E-state index in [1.54, 1.807) is 0 Å². The van der Waals surface area contributed by atoms with Crippen molar-refractivity contribution in [2.45, 2.75) is 90.4 Å². The van der Waals surface area contributed by atoms with Crippen LogP contribution in [0, 0.1) is 5.92 Å². The van der Waals surface area contributed by atoms with Gasteiger partial charge in [0.15, 0.2) is 0 Å². The number of nitrogens with zero attached hydrogens (tertiary/aromatic N) is 1. The average molecular weight is 475 g/mol. The Bertz CT molecular complexity index is 1120. The van der Waals surface area contributed by atoms with Crippen LogP contribution in [-0.2, 0) is 15.0 Å². The van der Waals surface area contributed by atoms with Crippen LogP contribution in [0.4, 0.5) is 5.69 Å². The van der Waals surface area contributed by atoms with Gasteiger partial charge in [-0.2, -0.15) is 0 Å². The number of carbonyl (C=O) groups excluding carboxylic acids is 2. The van der Waals surface area contributed by atoms with E-state index in [2.05, 4.69) is 43.3 Å². The first kappa shape index (κ1) is 25.2. The molecule has 0 amide bonds. The van der Waals surface area contributed by atoms with Gasteiger partial charge in [-0.15, -0.1) is 0 Å². The summed E-state index contributed by atoms with van der Waals surface area (Å²) in [6.07, 6.45) is 10.4. The molecule has 5 heteroatoms. The molecule has 2 N–H and O–H groups in total. The maximum absolute atomic E-state index is 13.7. The highest BCUT2D eigenvalue weighted by molar-refractivity contribution is 6.46. The minimum Gasteiger partial charge on any atom is -0.399 e. The average Bonchev–Trinajstić information content (AvgIpc) is 3.10.